The van der Waals surface area contributed by atoms with Crippen LogP contribution in [0.2, 0.25) is 0 Å². The van der Waals surface area contributed by atoms with E-state index in [1.54, 1.807) is 38.5 Å². The number of hydrogen-bond acceptors (Lipinski definition) is 4. The van der Waals surface area contributed by atoms with Crippen LogP contribution in [-0.2, 0) is 14.3 Å². The minimum absolute atomic E-state index is 0.0402. The number of hydrogen-bond donors (Lipinski definition) is 2. The van der Waals surface area contributed by atoms with Gasteiger partial charge in [0.1, 0.15) is 12.2 Å². The zero-order valence-corrected chi connectivity index (χ0v) is 13.4. The van der Waals surface area contributed by atoms with Crippen LogP contribution in [0.3, 0.4) is 0 Å². The molecule has 24 heavy (non-hydrogen) atoms. The number of carbonyl (C=O) groups is 2. The Kier molecular flexibility index (Phi) is 6.06. The second kappa shape index (κ2) is 8.24. The number of anilines is 1. The lowest BCUT2D eigenvalue weighted by atomic mass is 10.0. The first-order valence-electron chi connectivity index (χ1n) is 7.32. The first kappa shape index (κ1) is 17.7. The zero-order valence-electron chi connectivity index (χ0n) is 13.4. The molecule has 6 heteroatoms. The van der Waals surface area contributed by atoms with E-state index in [0.29, 0.717) is 0 Å². The highest BCUT2D eigenvalue weighted by Crippen LogP contribution is 2.18. The van der Waals surface area contributed by atoms with Crippen molar-refractivity contribution in [2.45, 2.75) is 12.2 Å². The summed E-state index contributed by atoms with van der Waals surface area (Å²) in [5.74, 6) is -1.51. The summed E-state index contributed by atoms with van der Waals surface area (Å²) in [6, 6.07) is 6.23. The average Bonchev–Trinajstić information content (AvgIpc) is 2.59. The van der Waals surface area contributed by atoms with Crippen LogP contribution in [0.1, 0.15) is 10.4 Å². The number of methoxy groups -OCH3 is 2. The van der Waals surface area contributed by atoms with Gasteiger partial charge in [-0.25, -0.2) is 4.79 Å². The number of aromatic carboxylic acids is 1. The van der Waals surface area contributed by atoms with Crippen molar-refractivity contribution in [3.8, 4) is 0 Å². The lowest BCUT2D eigenvalue weighted by Crippen LogP contribution is -2.28. The van der Waals surface area contributed by atoms with Crippen molar-refractivity contribution in [3.63, 3.8) is 0 Å². The number of ether oxygens (including phenoxy) is 2. The third kappa shape index (κ3) is 4.41. The molecule has 1 aliphatic rings. The third-order valence-electron chi connectivity index (χ3n) is 3.55. The molecular weight excluding hydrogens is 310 g/mol. The maximum absolute atomic E-state index is 12.0. The van der Waals surface area contributed by atoms with Crippen LogP contribution < -0.4 is 5.32 Å². The van der Waals surface area contributed by atoms with E-state index in [4.69, 9.17) is 14.6 Å². The van der Waals surface area contributed by atoms with Crippen LogP contribution in [0, 0.1) is 0 Å². The number of carbonyl (C=O) groups excluding carboxylic acids is 1. The van der Waals surface area contributed by atoms with Crippen LogP contribution in [0.4, 0.5) is 5.69 Å². The lowest BCUT2D eigenvalue weighted by molar-refractivity contribution is -0.111. The SMILES string of the molecule is COC1C=CC(/C=C/C(=O)Nc2ccccc2C(=O)O)=CC1OC. The average molecular weight is 329 g/mol. The Labute approximate surface area is 140 Å². The van der Waals surface area contributed by atoms with Crippen molar-refractivity contribution < 1.29 is 24.2 Å². The summed E-state index contributed by atoms with van der Waals surface area (Å²) in [5.41, 5.74) is 1.09. The normalized spacial score (nSPS) is 20.0. The molecule has 6 nitrogen and oxygen atoms in total. The van der Waals surface area contributed by atoms with Crippen molar-refractivity contribution >= 4 is 17.6 Å². The Hall–Kier alpha value is -2.70. The molecule has 0 aliphatic heterocycles. The number of nitrogens with one attached hydrogen (secondary N) is 1. The fraction of sp³-hybridized carbons (Fsp3) is 0.222. The van der Waals surface area contributed by atoms with Crippen molar-refractivity contribution in [2.75, 3.05) is 19.5 Å². The first-order chi connectivity index (χ1) is 11.5. The minimum atomic E-state index is -1.10. The van der Waals surface area contributed by atoms with E-state index >= 15 is 0 Å². The molecule has 1 aliphatic carbocycles. The lowest BCUT2D eigenvalue weighted by Gasteiger charge is -2.22. The first-order valence-corrected chi connectivity index (χ1v) is 7.32. The third-order valence-corrected chi connectivity index (χ3v) is 3.55. The maximum Gasteiger partial charge on any atom is 0.337 e. The van der Waals surface area contributed by atoms with Gasteiger partial charge in [0.25, 0.3) is 0 Å². The second-order valence-corrected chi connectivity index (χ2v) is 5.10. The molecule has 0 saturated heterocycles. The molecule has 0 fully saturated rings. The van der Waals surface area contributed by atoms with Crippen molar-refractivity contribution in [3.05, 3.63) is 65.8 Å². The molecule has 0 heterocycles. The summed E-state index contributed by atoms with van der Waals surface area (Å²) in [6.07, 6.45) is 8.12. The van der Waals surface area contributed by atoms with Crippen LogP contribution in [0.15, 0.2) is 60.2 Å². The van der Waals surface area contributed by atoms with Gasteiger partial charge >= 0.3 is 5.97 Å². The van der Waals surface area contributed by atoms with Gasteiger partial charge in [-0.05, 0) is 29.9 Å². The van der Waals surface area contributed by atoms with Crippen LogP contribution in [0.25, 0.3) is 0 Å². The number of para-hydroxylation sites is 1. The Bertz CT molecular complexity index is 705. The molecule has 2 N–H and O–H groups in total. The van der Waals surface area contributed by atoms with Crippen molar-refractivity contribution in [2.24, 2.45) is 0 Å². The van der Waals surface area contributed by atoms with Crippen molar-refractivity contribution in [1.82, 2.24) is 0 Å². The molecule has 0 spiro atoms. The zero-order chi connectivity index (χ0) is 17.5. The Morgan fingerprint density at radius 3 is 2.54 bits per heavy atom. The van der Waals surface area contributed by atoms with Crippen molar-refractivity contribution in [1.29, 1.82) is 0 Å². The number of benzene rings is 1. The summed E-state index contributed by atoms with van der Waals surface area (Å²) >= 11 is 0. The molecule has 1 aromatic carbocycles. The van der Waals surface area contributed by atoms with E-state index in [-0.39, 0.29) is 23.5 Å². The van der Waals surface area contributed by atoms with Gasteiger partial charge in [-0.1, -0.05) is 24.3 Å². The number of rotatable bonds is 6. The highest BCUT2D eigenvalue weighted by atomic mass is 16.5. The number of amides is 1. The van der Waals surface area contributed by atoms with E-state index in [0.717, 1.165) is 5.57 Å². The number of carboxylic acid groups (broad SMARTS) is 1. The van der Waals surface area contributed by atoms with Gasteiger partial charge in [-0.2, -0.15) is 0 Å². The monoisotopic (exact) mass is 329 g/mol. The van der Waals surface area contributed by atoms with Gasteiger partial charge in [0.05, 0.1) is 11.3 Å². The summed E-state index contributed by atoms with van der Waals surface area (Å²) in [6.45, 7) is 0. The van der Waals surface area contributed by atoms with Gasteiger partial charge in [-0.3, -0.25) is 4.79 Å². The van der Waals surface area contributed by atoms with Gasteiger partial charge in [0, 0.05) is 20.3 Å². The Morgan fingerprint density at radius 1 is 1.17 bits per heavy atom. The fourth-order valence-electron chi connectivity index (χ4n) is 2.31. The standard InChI is InChI=1S/C18H19NO5/c1-23-15-9-7-12(11-16(15)24-2)8-10-17(20)19-14-6-4-3-5-13(14)18(21)22/h3-11,15-16H,1-2H3,(H,19,20)(H,21,22)/b10-8+. The summed E-state index contributed by atoms with van der Waals surface area (Å²) in [5, 5.41) is 11.7. The summed E-state index contributed by atoms with van der Waals surface area (Å²) < 4.78 is 10.6. The molecule has 1 amide bonds. The smallest absolute Gasteiger partial charge is 0.337 e. The highest BCUT2D eigenvalue weighted by molar-refractivity contribution is 6.04. The van der Waals surface area contributed by atoms with E-state index in [2.05, 4.69) is 5.32 Å². The molecule has 0 bridgehead atoms. The van der Waals surface area contributed by atoms with Crippen LogP contribution in [-0.4, -0.2) is 43.4 Å². The molecule has 2 rings (SSSR count). The largest absolute Gasteiger partial charge is 0.478 e. The van der Waals surface area contributed by atoms with Crippen LogP contribution >= 0.6 is 0 Å². The quantitative estimate of drug-likeness (QED) is 0.783. The minimum Gasteiger partial charge on any atom is -0.478 e. The second-order valence-electron chi connectivity index (χ2n) is 5.10. The predicted octanol–water partition coefficient (Wildman–Crippen LogP) is 2.41. The summed E-state index contributed by atoms with van der Waals surface area (Å²) in [7, 11) is 3.19. The van der Waals surface area contributed by atoms with Gasteiger partial charge < -0.3 is 19.9 Å². The van der Waals surface area contributed by atoms with Crippen LogP contribution in [0.5, 0.6) is 0 Å². The molecule has 2 unspecified atom stereocenters. The van der Waals surface area contributed by atoms with E-state index < -0.39 is 11.9 Å². The molecule has 0 aromatic heterocycles. The highest BCUT2D eigenvalue weighted by Gasteiger charge is 2.19. The molecule has 2 atom stereocenters. The van der Waals surface area contributed by atoms with Gasteiger partial charge in [0.2, 0.25) is 5.91 Å². The molecule has 126 valence electrons. The maximum atomic E-state index is 12.0. The van der Waals surface area contributed by atoms with Gasteiger partial charge in [-0.15, -0.1) is 0 Å². The predicted molar refractivity (Wildman–Crippen MR) is 90.0 cm³/mol. The number of carboxylic acids is 1. The summed E-state index contributed by atoms with van der Waals surface area (Å²) in [4.78, 5) is 23.1. The van der Waals surface area contributed by atoms with E-state index in [1.165, 1.54) is 12.1 Å². The van der Waals surface area contributed by atoms with Gasteiger partial charge in [0.15, 0.2) is 0 Å². The Balaban J connectivity index is 2.05. The van der Waals surface area contributed by atoms with E-state index in [9.17, 15) is 9.59 Å². The molecule has 0 saturated carbocycles. The molecule has 0 radical (unpaired) electrons. The fourth-order valence-corrected chi connectivity index (χ4v) is 2.31. The topological polar surface area (TPSA) is 84.9 Å². The molecular formula is C18H19NO5. The van der Waals surface area contributed by atoms with E-state index in [1.807, 2.05) is 18.2 Å². The Morgan fingerprint density at radius 2 is 1.88 bits per heavy atom. The number of allylic oxidation sites excluding steroid dienone is 3. The molecule has 1 aromatic rings.